The second-order valence-corrected chi connectivity index (χ2v) is 6.88. The molecule has 0 unspecified atom stereocenters. The van der Waals surface area contributed by atoms with Gasteiger partial charge in [-0.25, -0.2) is 0 Å². The average Bonchev–Trinajstić information content (AvgIpc) is 2.86. The van der Waals surface area contributed by atoms with Crippen LogP contribution in [0.15, 0.2) is 6.07 Å². The molecule has 1 aromatic rings. The summed E-state index contributed by atoms with van der Waals surface area (Å²) in [5.41, 5.74) is 1.21. The molecule has 0 bridgehead atoms. The summed E-state index contributed by atoms with van der Waals surface area (Å²) in [5.74, 6) is -0.143. The maximum Gasteiger partial charge on any atom is 0.303 e. The molecule has 1 aromatic heterocycles. The summed E-state index contributed by atoms with van der Waals surface area (Å²) in [6.07, 6.45) is 3.78. The van der Waals surface area contributed by atoms with E-state index in [2.05, 4.69) is 13.8 Å². The van der Waals surface area contributed by atoms with Gasteiger partial charge in [0.1, 0.15) is 0 Å². The minimum atomic E-state index is -0.727. The van der Waals surface area contributed by atoms with E-state index < -0.39 is 5.97 Å². The first kappa shape index (κ1) is 16.0. The van der Waals surface area contributed by atoms with Crippen molar-refractivity contribution in [2.45, 2.75) is 46.0 Å². The van der Waals surface area contributed by atoms with E-state index in [9.17, 15) is 9.59 Å². The van der Waals surface area contributed by atoms with Gasteiger partial charge in [-0.15, -0.1) is 11.3 Å². The molecule has 2 rings (SSSR count). The van der Waals surface area contributed by atoms with E-state index in [1.165, 1.54) is 10.4 Å². The molecule has 1 saturated heterocycles. The molecule has 1 aliphatic rings. The van der Waals surface area contributed by atoms with Crippen molar-refractivity contribution < 1.29 is 14.7 Å². The minimum absolute atomic E-state index is 0.138. The summed E-state index contributed by atoms with van der Waals surface area (Å²) in [5, 5.41) is 8.72. The number of rotatable bonds is 5. The molecule has 0 saturated carbocycles. The van der Waals surface area contributed by atoms with Gasteiger partial charge in [-0.1, -0.05) is 6.92 Å². The number of hydrogen-bond acceptors (Lipinski definition) is 3. The Hall–Kier alpha value is -1.36. The van der Waals surface area contributed by atoms with Crippen molar-refractivity contribution in [2.75, 3.05) is 13.1 Å². The Kier molecular flexibility index (Phi) is 5.39. The highest BCUT2D eigenvalue weighted by Crippen LogP contribution is 2.27. The molecular formula is C16H23NO3S. The number of carboxylic acids is 1. The van der Waals surface area contributed by atoms with Gasteiger partial charge in [-0.05, 0) is 50.2 Å². The highest BCUT2D eigenvalue weighted by atomic mass is 32.1. The Labute approximate surface area is 129 Å². The monoisotopic (exact) mass is 309 g/mol. The number of piperidine rings is 1. The Morgan fingerprint density at radius 2 is 2.05 bits per heavy atom. The van der Waals surface area contributed by atoms with E-state index >= 15 is 0 Å². The van der Waals surface area contributed by atoms with Crippen molar-refractivity contribution >= 4 is 23.2 Å². The van der Waals surface area contributed by atoms with Crippen LogP contribution in [0.4, 0.5) is 0 Å². The predicted octanol–water partition coefficient (Wildman–Crippen LogP) is 3.34. The summed E-state index contributed by atoms with van der Waals surface area (Å²) in [6, 6.07) is 2.00. The molecule has 1 aliphatic heterocycles. The molecule has 116 valence electrons. The second kappa shape index (κ2) is 7.07. The molecule has 5 heteroatoms. The van der Waals surface area contributed by atoms with Gasteiger partial charge in [-0.3, -0.25) is 9.59 Å². The van der Waals surface area contributed by atoms with E-state index in [0.29, 0.717) is 5.92 Å². The van der Waals surface area contributed by atoms with Crippen molar-refractivity contribution in [3.8, 4) is 0 Å². The highest BCUT2D eigenvalue weighted by Gasteiger charge is 2.25. The quantitative estimate of drug-likeness (QED) is 0.907. The molecule has 0 radical (unpaired) electrons. The van der Waals surface area contributed by atoms with E-state index in [4.69, 9.17) is 5.11 Å². The van der Waals surface area contributed by atoms with Gasteiger partial charge in [0.05, 0.1) is 4.88 Å². The van der Waals surface area contributed by atoms with Gasteiger partial charge in [-0.2, -0.15) is 0 Å². The largest absolute Gasteiger partial charge is 0.481 e. The Morgan fingerprint density at radius 1 is 1.38 bits per heavy atom. The van der Waals surface area contributed by atoms with Gasteiger partial charge < -0.3 is 10.0 Å². The number of likely N-dealkylation sites (tertiary alicyclic amines) is 1. The van der Waals surface area contributed by atoms with Crippen molar-refractivity contribution in [1.29, 1.82) is 0 Å². The summed E-state index contributed by atoms with van der Waals surface area (Å²) in [6.45, 7) is 5.67. The molecule has 0 atom stereocenters. The number of carbonyl (C=O) groups is 2. The minimum Gasteiger partial charge on any atom is -0.481 e. The van der Waals surface area contributed by atoms with Gasteiger partial charge in [0.15, 0.2) is 0 Å². The number of hydrogen-bond donors (Lipinski definition) is 1. The second-order valence-electron chi connectivity index (χ2n) is 5.74. The maximum atomic E-state index is 12.5. The number of nitrogens with zero attached hydrogens (tertiary/aromatic N) is 1. The molecule has 0 spiro atoms. The van der Waals surface area contributed by atoms with Crippen LogP contribution in [0.25, 0.3) is 0 Å². The third-order valence-corrected chi connectivity index (χ3v) is 5.59. The van der Waals surface area contributed by atoms with E-state index in [1.54, 1.807) is 11.3 Å². The van der Waals surface area contributed by atoms with Crippen molar-refractivity contribution in [2.24, 2.45) is 5.92 Å². The third-order valence-electron chi connectivity index (χ3n) is 4.22. The number of aliphatic carboxylic acids is 1. The summed E-state index contributed by atoms with van der Waals surface area (Å²) in [4.78, 5) is 27.1. The first-order valence-corrected chi connectivity index (χ1v) is 8.43. The Bertz CT molecular complexity index is 516. The fraction of sp³-hybridized carbons (Fsp3) is 0.625. The fourth-order valence-corrected chi connectivity index (χ4v) is 3.97. The Balaban J connectivity index is 1.89. The first-order valence-electron chi connectivity index (χ1n) is 7.61. The van der Waals surface area contributed by atoms with Crippen LogP contribution in [0.1, 0.15) is 52.7 Å². The van der Waals surface area contributed by atoms with Crippen molar-refractivity contribution in [3.63, 3.8) is 0 Å². The van der Waals surface area contributed by atoms with Crippen LogP contribution in [0.3, 0.4) is 0 Å². The standard InChI is InChI=1S/C16H23NO3S/c1-3-13-11(2)10-14(21-13)16(20)17-8-6-12(7-9-17)4-5-15(18)19/h10,12H,3-9H2,1-2H3,(H,18,19). The molecule has 1 fully saturated rings. The number of carboxylic acid groups (broad SMARTS) is 1. The lowest BCUT2D eigenvalue weighted by atomic mass is 9.92. The summed E-state index contributed by atoms with van der Waals surface area (Å²) >= 11 is 1.61. The molecule has 0 aromatic carbocycles. The van der Waals surface area contributed by atoms with Crippen LogP contribution in [-0.2, 0) is 11.2 Å². The van der Waals surface area contributed by atoms with E-state index in [0.717, 1.165) is 43.6 Å². The fourth-order valence-electron chi connectivity index (χ4n) is 2.88. The third kappa shape index (κ3) is 4.06. The molecule has 2 heterocycles. The lowest BCUT2D eigenvalue weighted by Crippen LogP contribution is -2.38. The lowest BCUT2D eigenvalue weighted by Gasteiger charge is -2.31. The number of carbonyl (C=O) groups excluding carboxylic acids is 1. The van der Waals surface area contributed by atoms with Crippen LogP contribution >= 0.6 is 11.3 Å². The predicted molar refractivity (Wildman–Crippen MR) is 83.9 cm³/mol. The van der Waals surface area contributed by atoms with E-state index in [-0.39, 0.29) is 12.3 Å². The van der Waals surface area contributed by atoms with Gasteiger partial charge in [0.25, 0.3) is 5.91 Å². The average molecular weight is 309 g/mol. The highest BCUT2D eigenvalue weighted by molar-refractivity contribution is 7.14. The molecule has 1 amide bonds. The molecule has 1 N–H and O–H groups in total. The van der Waals surface area contributed by atoms with Crippen LogP contribution in [0.2, 0.25) is 0 Å². The first-order chi connectivity index (χ1) is 10.0. The summed E-state index contributed by atoms with van der Waals surface area (Å²) < 4.78 is 0. The molecule has 4 nitrogen and oxygen atoms in total. The smallest absolute Gasteiger partial charge is 0.303 e. The molecule has 21 heavy (non-hydrogen) atoms. The van der Waals surface area contributed by atoms with Crippen molar-refractivity contribution in [1.82, 2.24) is 4.90 Å². The zero-order valence-electron chi connectivity index (χ0n) is 12.7. The van der Waals surface area contributed by atoms with Gasteiger partial charge >= 0.3 is 5.97 Å². The maximum absolute atomic E-state index is 12.5. The van der Waals surface area contributed by atoms with E-state index in [1.807, 2.05) is 11.0 Å². The number of thiophene rings is 1. The zero-order chi connectivity index (χ0) is 15.4. The SMILES string of the molecule is CCc1sc(C(=O)N2CCC(CCC(=O)O)CC2)cc1C. The van der Waals surface area contributed by atoms with Crippen LogP contribution in [0, 0.1) is 12.8 Å². The summed E-state index contributed by atoms with van der Waals surface area (Å²) in [7, 11) is 0. The van der Waals surface area contributed by atoms with Crippen LogP contribution < -0.4 is 0 Å². The molecular weight excluding hydrogens is 286 g/mol. The van der Waals surface area contributed by atoms with Crippen LogP contribution in [0.5, 0.6) is 0 Å². The normalized spacial score (nSPS) is 16.2. The topological polar surface area (TPSA) is 57.6 Å². The number of amides is 1. The van der Waals surface area contributed by atoms with Crippen molar-refractivity contribution in [3.05, 3.63) is 21.4 Å². The zero-order valence-corrected chi connectivity index (χ0v) is 13.5. The number of aryl methyl sites for hydroxylation is 2. The van der Waals surface area contributed by atoms with Crippen LogP contribution in [-0.4, -0.2) is 35.0 Å². The lowest BCUT2D eigenvalue weighted by molar-refractivity contribution is -0.137. The molecule has 0 aliphatic carbocycles. The Morgan fingerprint density at radius 3 is 2.57 bits per heavy atom. The van der Waals surface area contributed by atoms with Gasteiger partial charge in [0, 0.05) is 24.4 Å². The van der Waals surface area contributed by atoms with Gasteiger partial charge in [0.2, 0.25) is 0 Å².